The minimum atomic E-state index is -1.34. The molecule has 3 heterocycles. The van der Waals surface area contributed by atoms with Crippen LogP contribution in [0.5, 0.6) is 0 Å². The molecule has 0 bridgehead atoms. The molecule has 1 aliphatic heterocycles. The van der Waals surface area contributed by atoms with Crippen molar-refractivity contribution < 1.29 is 23.9 Å². The second kappa shape index (κ2) is 11.6. The maximum atomic E-state index is 12.6. The largest absolute Gasteiger partial charge is 0.444 e. The molecule has 15 heteroatoms. The van der Waals surface area contributed by atoms with Crippen molar-refractivity contribution in [2.24, 2.45) is 5.73 Å². The lowest BCUT2D eigenvalue weighted by Crippen LogP contribution is -2.59. The van der Waals surface area contributed by atoms with Crippen molar-refractivity contribution in [2.75, 3.05) is 23.3 Å². The van der Waals surface area contributed by atoms with Crippen LogP contribution in [-0.2, 0) is 20.8 Å². The van der Waals surface area contributed by atoms with E-state index in [0.29, 0.717) is 33.7 Å². The van der Waals surface area contributed by atoms with E-state index in [4.69, 9.17) is 26.8 Å². The third kappa shape index (κ3) is 7.21. The first kappa shape index (κ1) is 31.3. The number of hydrogen-bond acceptors (Lipinski definition) is 9. The third-order valence-electron chi connectivity index (χ3n) is 6.31. The van der Waals surface area contributed by atoms with Crippen LogP contribution >= 0.6 is 27.5 Å². The van der Waals surface area contributed by atoms with Crippen molar-refractivity contribution in [3.63, 3.8) is 0 Å². The maximum absolute atomic E-state index is 12.6. The van der Waals surface area contributed by atoms with E-state index in [9.17, 15) is 14.4 Å². The molecule has 0 aliphatic carbocycles. The lowest BCUT2D eigenvalue weighted by molar-refractivity contribution is -0.123. The van der Waals surface area contributed by atoms with Gasteiger partial charge in [0.1, 0.15) is 23.1 Å². The Morgan fingerprint density at radius 1 is 1.07 bits per heavy atom. The number of nitrogens with two attached hydrogens (primary N) is 1. The summed E-state index contributed by atoms with van der Waals surface area (Å²) in [5.74, 6) is -0.455. The zero-order chi connectivity index (χ0) is 31.0. The molecular weight excluding hydrogens is 632 g/mol. The summed E-state index contributed by atoms with van der Waals surface area (Å²) >= 11 is 10.1. The van der Waals surface area contributed by atoms with Gasteiger partial charge in [-0.25, -0.2) is 24.5 Å². The molecule has 0 unspecified atom stereocenters. The van der Waals surface area contributed by atoms with Crippen molar-refractivity contribution >= 4 is 68.3 Å². The summed E-state index contributed by atoms with van der Waals surface area (Å²) in [6, 6.07) is 3.55. The average Bonchev–Trinajstić information content (AvgIpc) is 3.44. The van der Waals surface area contributed by atoms with Gasteiger partial charge in [0.05, 0.1) is 19.4 Å². The molecule has 0 spiro atoms. The summed E-state index contributed by atoms with van der Waals surface area (Å²) in [6.45, 7) is 11.3. The average molecular weight is 666 g/mol. The predicted octanol–water partition coefficient (Wildman–Crippen LogP) is 4.60. The molecular formula is C27H34BrClN8O5. The molecule has 4 N–H and O–H groups in total. The van der Waals surface area contributed by atoms with Gasteiger partial charge in [-0.05, 0) is 60.1 Å². The molecule has 1 atom stereocenters. The fourth-order valence-electron chi connectivity index (χ4n) is 4.57. The lowest BCUT2D eigenvalue weighted by Gasteiger charge is -2.30. The Hall–Kier alpha value is -3.65. The van der Waals surface area contributed by atoms with Gasteiger partial charge in [0, 0.05) is 27.3 Å². The molecule has 0 saturated carbocycles. The van der Waals surface area contributed by atoms with Crippen molar-refractivity contribution in [2.45, 2.75) is 71.2 Å². The van der Waals surface area contributed by atoms with Crippen molar-refractivity contribution in [3.05, 3.63) is 39.8 Å². The second-order valence-corrected chi connectivity index (χ2v) is 13.3. The maximum Gasteiger partial charge on any atom is 0.413 e. The molecule has 1 aliphatic rings. The number of primary amides is 1. The van der Waals surface area contributed by atoms with Crippen LogP contribution < -0.4 is 21.3 Å². The van der Waals surface area contributed by atoms with Crippen LogP contribution in [0.1, 0.15) is 53.5 Å². The lowest BCUT2D eigenvalue weighted by atomic mass is 9.98. The molecule has 4 rings (SSSR count). The van der Waals surface area contributed by atoms with E-state index in [1.807, 2.05) is 4.90 Å². The van der Waals surface area contributed by atoms with Crippen LogP contribution in [0.25, 0.3) is 11.2 Å². The van der Waals surface area contributed by atoms with E-state index >= 15 is 0 Å². The van der Waals surface area contributed by atoms with Crippen molar-refractivity contribution in [3.8, 4) is 0 Å². The summed E-state index contributed by atoms with van der Waals surface area (Å²) < 4.78 is 13.2. The van der Waals surface area contributed by atoms with Gasteiger partial charge in [0.15, 0.2) is 17.0 Å². The minimum Gasteiger partial charge on any atom is -0.444 e. The summed E-state index contributed by atoms with van der Waals surface area (Å²) in [5, 5.41) is 5.81. The number of imidazole rings is 1. The van der Waals surface area contributed by atoms with Crippen LogP contribution in [0, 0.1) is 0 Å². The Balaban J connectivity index is 1.63. The van der Waals surface area contributed by atoms with Gasteiger partial charge in [-0.1, -0.05) is 27.5 Å². The third-order valence-corrected chi connectivity index (χ3v) is 7.23. The van der Waals surface area contributed by atoms with Crippen LogP contribution in [-0.4, -0.2) is 67.4 Å². The number of fused-ring (bicyclic) bond motifs is 1. The number of aromatic nitrogens is 4. The number of benzene rings is 1. The number of ether oxygens (including phenoxy) is 2. The zero-order valence-corrected chi connectivity index (χ0v) is 26.6. The van der Waals surface area contributed by atoms with Gasteiger partial charge in [0.25, 0.3) is 0 Å². The molecule has 13 nitrogen and oxygen atoms in total. The van der Waals surface area contributed by atoms with E-state index in [-0.39, 0.29) is 18.8 Å². The number of hydrogen-bond donors (Lipinski definition) is 3. The highest BCUT2D eigenvalue weighted by Crippen LogP contribution is 2.37. The minimum absolute atomic E-state index is 0.109. The first-order chi connectivity index (χ1) is 19.5. The highest BCUT2D eigenvalue weighted by Gasteiger charge is 2.46. The molecule has 0 radical (unpaired) electrons. The first-order valence-corrected chi connectivity index (χ1v) is 14.3. The molecule has 3 aromatic rings. The van der Waals surface area contributed by atoms with Gasteiger partial charge in [0.2, 0.25) is 5.91 Å². The Morgan fingerprint density at radius 2 is 1.74 bits per heavy atom. The fourth-order valence-corrected chi connectivity index (χ4v) is 5.49. The van der Waals surface area contributed by atoms with E-state index < -0.39 is 34.8 Å². The van der Waals surface area contributed by atoms with E-state index in [2.05, 4.69) is 41.5 Å². The Kier molecular flexibility index (Phi) is 8.61. The number of carbonyl (C=O) groups excluding carboxylic acids is 3. The number of amides is 3. The summed E-state index contributed by atoms with van der Waals surface area (Å²) in [4.78, 5) is 52.5. The molecule has 1 fully saturated rings. The van der Waals surface area contributed by atoms with Crippen LogP contribution in [0.4, 0.5) is 21.1 Å². The number of alkyl carbamates (subject to hydrolysis) is 1. The van der Waals surface area contributed by atoms with Gasteiger partial charge in [-0.3, -0.25) is 10.1 Å². The van der Waals surface area contributed by atoms with Crippen LogP contribution in [0.3, 0.4) is 0 Å². The van der Waals surface area contributed by atoms with Crippen molar-refractivity contribution in [1.29, 1.82) is 0 Å². The Morgan fingerprint density at radius 3 is 2.38 bits per heavy atom. The summed E-state index contributed by atoms with van der Waals surface area (Å²) in [6.07, 6.45) is 1.80. The van der Waals surface area contributed by atoms with E-state index in [1.165, 1.54) is 6.33 Å². The molecule has 226 valence electrons. The molecule has 3 amide bonds. The first-order valence-electron chi connectivity index (χ1n) is 13.2. The molecule has 42 heavy (non-hydrogen) atoms. The van der Waals surface area contributed by atoms with E-state index in [1.54, 1.807) is 64.6 Å². The Labute approximate surface area is 256 Å². The number of carbonyl (C=O) groups is 3. The number of rotatable bonds is 6. The molecule has 2 aromatic heterocycles. The normalized spacial score (nSPS) is 17.3. The number of halogens is 2. The SMILES string of the molecule is CC(C)(C)OC(=O)Nc1ncnc2c1ncn2Cc1c(Br)cc(Cl)cc1N1CC[C@](NC(=O)OC(C)(C)C)(C(N)=O)C1. The smallest absolute Gasteiger partial charge is 0.413 e. The predicted molar refractivity (Wildman–Crippen MR) is 162 cm³/mol. The fraction of sp³-hybridized carbons (Fsp3) is 0.481. The quantitative estimate of drug-likeness (QED) is 0.341. The van der Waals surface area contributed by atoms with Crippen LogP contribution in [0.15, 0.2) is 29.3 Å². The monoisotopic (exact) mass is 664 g/mol. The summed E-state index contributed by atoms with van der Waals surface area (Å²) in [5.41, 5.74) is 5.43. The topological polar surface area (TPSA) is 167 Å². The van der Waals surface area contributed by atoms with Gasteiger partial charge >= 0.3 is 12.2 Å². The van der Waals surface area contributed by atoms with Crippen molar-refractivity contribution in [1.82, 2.24) is 24.8 Å². The zero-order valence-electron chi connectivity index (χ0n) is 24.2. The van der Waals surface area contributed by atoms with Gasteiger partial charge in [-0.2, -0.15) is 0 Å². The highest BCUT2D eigenvalue weighted by molar-refractivity contribution is 9.10. The van der Waals surface area contributed by atoms with Crippen LogP contribution in [0.2, 0.25) is 5.02 Å². The van der Waals surface area contributed by atoms with E-state index in [0.717, 1.165) is 11.3 Å². The standard InChI is InChI=1S/C27H34BrClN8O5/c1-25(2,3)41-23(39)34-20-19-21(32-13-31-20)37(14-33-19)11-16-17(28)9-15(29)10-18(16)36-8-7-27(12-36,22(30)38)35-24(40)42-26(4,5)6/h9-10,13-14H,7-8,11-12H2,1-6H3,(H2,30,38)(H,35,40)(H,31,32,34,39)/t27-/m1/s1. The molecule has 1 saturated heterocycles. The second-order valence-electron chi connectivity index (χ2n) is 12.0. The number of anilines is 2. The summed E-state index contributed by atoms with van der Waals surface area (Å²) in [7, 11) is 0. The Bertz CT molecular complexity index is 1530. The number of nitrogens with one attached hydrogen (secondary N) is 2. The molecule has 1 aromatic carbocycles. The van der Waals surface area contributed by atoms with Gasteiger partial charge in [-0.15, -0.1) is 0 Å². The number of nitrogens with zero attached hydrogens (tertiary/aromatic N) is 5. The van der Waals surface area contributed by atoms with Gasteiger partial charge < -0.3 is 30.0 Å². The highest BCUT2D eigenvalue weighted by atomic mass is 79.9.